The van der Waals surface area contributed by atoms with Gasteiger partial charge in [-0.3, -0.25) is 0 Å². The Hall–Kier alpha value is -1.35. The molecule has 0 aliphatic carbocycles. The smallest absolute Gasteiger partial charge is 0.119 e. The van der Waals surface area contributed by atoms with Crippen molar-refractivity contribution in [2.75, 3.05) is 13.7 Å². The van der Waals surface area contributed by atoms with E-state index in [2.05, 4.69) is 0 Å². The van der Waals surface area contributed by atoms with Crippen LogP contribution in [0.4, 0.5) is 0 Å². The highest BCUT2D eigenvalue weighted by atomic mass is 16.5. The summed E-state index contributed by atoms with van der Waals surface area (Å²) in [7, 11) is 1.67. The molecule has 3 nitrogen and oxygen atoms in total. The SMILES string of the molecule is COc1ccc(COCCCCCCCCC=O)cc1. The molecular formula is C17H26O3. The van der Waals surface area contributed by atoms with Crippen molar-refractivity contribution in [2.24, 2.45) is 0 Å². The van der Waals surface area contributed by atoms with E-state index in [1.165, 1.54) is 31.2 Å². The maximum atomic E-state index is 10.1. The third-order valence-electron chi connectivity index (χ3n) is 3.29. The summed E-state index contributed by atoms with van der Waals surface area (Å²) in [5.74, 6) is 0.878. The molecule has 0 spiro atoms. The molecule has 0 bridgehead atoms. The monoisotopic (exact) mass is 278 g/mol. The second-order valence-corrected chi connectivity index (χ2v) is 4.98. The number of unbranched alkanes of at least 4 members (excludes halogenated alkanes) is 6. The molecule has 20 heavy (non-hydrogen) atoms. The number of ether oxygens (including phenoxy) is 2. The number of aldehydes is 1. The highest BCUT2D eigenvalue weighted by Crippen LogP contribution is 2.12. The first kappa shape index (κ1) is 16.7. The second-order valence-electron chi connectivity index (χ2n) is 4.98. The van der Waals surface area contributed by atoms with Crippen LogP contribution in [0.2, 0.25) is 0 Å². The van der Waals surface area contributed by atoms with E-state index in [-0.39, 0.29) is 0 Å². The largest absolute Gasteiger partial charge is 0.497 e. The van der Waals surface area contributed by atoms with E-state index in [9.17, 15) is 4.79 Å². The molecule has 0 radical (unpaired) electrons. The molecule has 1 aromatic rings. The van der Waals surface area contributed by atoms with Gasteiger partial charge in [0.05, 0.1) is 13.7 Å². The summed E-state index contributed by atoms with van der Waals surface area (Å²) in [6, 6.07) is 7.98. The minimum atomic E-state index is 0.670. The zero-order chi connectivity index (χ0) is 14.5. The van der Waals surface area contributed by atoms with Crippen LogP contribution in [0.1, 0.15) is 50.5 Å². The van der Waals surface area contributed by atoms with Crippen molar-refractivity contribution < 1.29 is 14.3 Å². The normalized spacial score (nSPS) is 10.4. The molecule has 0 atom stereocenters. The van der Waals surface area contributed by atoms with E-state index in [0.717, 1.165) is 31.5 Å². The van der Waals surface area contributed by atoms with Gasteiger partial charge in [-0.25, -0.2) is 0 Å². The Bertz CT molecular complexity index is 346. The predicted molar refractivity (Wildman–Crippen MR) is 81.0 cm³/mol. The lowest BCUT2D eigenvalue weighted by Crippen LogP contribution is -1.96. The van der Waals surface area contributed by atoms with E-state index in [1.54, 1.807) is 7.11 Å². The average Bonchev–Trinajstić information content (AvgIpc) is 2.50. The first-order valence-corrected chi connectivity index (χ1v) is 7.51. The van der Waals surface area contributed by atoms with Gasteiger partial charge in [0.15, 0.2) is 0 Å². The van der Waals surface area contributed by atoms with Gasteiger partial charge in [0.1, 0.15) is 12.0 Å². The van der Waals surface area contributed by atoms with Gasteiger partial charge in [0.2, 0.25) is 0 Å². The first-order chi connectivity index (χ1) is 9.86. The summed E-state index contributed by atoms with van der Waals surface area (Å²) in [5, 5.41) is 0. The molecular weight excluding hydrogens is 252 g/mol. The molecule has 0 saturated carbocycles. The zero-order valence-electron chi connectivity index (χ0n) is 12.5. The zero-order valence-corrected chi connectivity index (χ0v) is 12.5. The fourth-order valence-electron chi connectivity index (χ4n) is 2.05. The van der Waals surface area contributed by atoms with Crippen molar-refractivity contribution in [2.45, 2.75) is 51.6 Å². The number of methoxy groups -OCH3 is 1. The highest BCUT2D eigenvalue weighted by Gasteiger charge is 1.96. The van der Waals surface area contributed by atoms with Gasteiger partial charge in [0.25, 0.3) is 0 Å². The molecule has 0 unspecified atom stereocenters. The molecule has 0 fully saturated rings. The average molecular weight is 278 g/mol. The Morgan fingerprint density at radius 2 is 1.60 bits per heavy atom. The van der Waals surface area contributed by atoms with Crippen LogP contribution < -0.4 is 4.74 Å². The van der Waals surface area contributed by atoms with Crippen LogP contribution in [0.3, 0.4) is 0 Å². The Morgan fingerprint density at radius 1 is 0.950 bits per heavy atom. The van der Waals surface area contributed by atoms with Gasteiger partial charge in [-0.15, -0.1) is 0 Å². The summed E-state index contributed by atoms with van der Waals surface area (Å²) < 4.78 is 10.8. The predicted octanol–water partition coefficient (Wildman–Crippen LogP) is 4.14. The van der Waals surface area contributed by atoms with Crippen molar-refractivity contribution in [1.82, 2.24) is 0 Å². The van der Waals surface area contributed by atoms with Gasteiger partial charge in [-0.05, 0) is 30.5 Å². The van der Waals surface area contributed by atoms with Crippen LogP contribution in [0.25, 0.3) is 0 Å². The summed E-state index contributed by atoms with van der Waals surface area (Å²) in [6.07, 6.45) is 8.73. The Labute approximate surface area is 122 Å². The fourth-order valence-corrected chi connectivity index (χ4v) is 2.05. The van der Waals surface area contributed by atoms with Crippen LogP contribution in [0.5, 0.6) is 5.75 Å². The molecule has 0 N–H and O–H groups in total. The molecule has 1 aromatic carbocycles. The second kappa shape index (κ2) is 11.5. The third-order valence-corrected chi connectivity index (χ3v) is 3.29. The topological polar surface area (TPSA) is 35.5 Å². The molecule has 3 heteroatoms. The van der Waals surface area contributed by atoms with E-state index < -0.39 is 0 Å². The quantitative estimate of drug-likeness (QED) is 0.426. The number of benzene rings is 1. The summed E-state index contributed by atoms with van der Waals surface area (Å²) in [4.78, 5) is 10.1. The van der Waals surface area contributed by atoms with Crippen LogP contribution in [-0.4, -0.2) is 20.0 Å². The fraction of sp³-hybridized carbons (Fsp3) is 0.588. The van der Waals surface area contributed by atoms with Crippen molar-refractivity contribution in [3.63, 3.8) is 0 Å². The third kappa shape index (κ3) is 7.95. The summed E-state index contributed by atoms with van der Waals surface area (Å²) in [5.41, 5.74) is 1.18. The van der Waals surface area contributed by atoms with Gasteiger partial charge < -0.3 is 14.3 Å². The van der Waals surface area contributed by atoms with Crippen molar-refractivity contribution >= 4 is 6.29 Å². The minimum Gasteiger partial charge on any atom is -0.497 e. The number of carbonyl (C=O) groups excluding carboxylic acids is 1. The molecule has 0 heterocycles. The molecule has 0 aliphatic heterocycles. The van der Waals surface area contributed by atoms with Crippen LogP contribution in [-0.2, 0) is 16.1 Å². The van der Waals surface area contributed by atoms with Gasteiger partial charge >= 0.3 is 0 Å². The number of hydrogen-bond donors (Lipinski definition) is 0. The van der Waals surface area contributed by atoms with Gasteiger partial charge in [0, 0.05) is 13.0 Å². The lowest BCUT2D eigenvalue weighted by Gasteiger charge is -2.05. The standard InChI is InChI=1S/C17H26O3/c1-19-17-11-9-16(10-12-17)15-20-14-8-6-4-2-3-5-7-13-18/h9-13H,2-8,14-15H2,1H3. The molecule has 0 aliphatic rings. The van der Waals surface area contributed by atoms with E-state index >= 15 is 0 Å². The van der Waals surface area contributed by atoms with Crippen molar-refractivity contribution in [3.05, 3.63) is 29.8 Å². The van der Waals surface area contributed by atoms with E-state index in [1.807, 2.05) is 24.3 Å². The Kier molecular flexibility index (Phi) is 9.58. The lowest BCUT2D eigenvalue weighted by molar-refractivity contribution is -0.107. The van der Waals surface area contributed by atoms with Crippen LogP contribution in [0.15, 0.2) is 24.3 Å². The minimum absolute atomic E-state index is 0.670. The van der Waals surface area contributed by atoms with Crippen molar-refractivity contribution in [1.29, 1.82) is 0 Å². The molecule has 0 saturated heterocycles. The summed E-state index contributed by atoms with van der Waals surface area (Å²) in [6.45, 7) is 1.49. The lowest BCUT2D eigenvalue weighted by atomic mass is 10.1. The number of hydrogen-bond acceptors (Lipinski definition) is 3. The van der Waals surface area contributed by atoms with Crippen molar-refractivity contribution in [3.8, 4) is 5.75 Å². The van der Waals surface area contributed by atoms with Crippen LogP contribution >= 0.6 is 0 Å². The van der Waals surface area contributed by atoms with E-state index in [4.69, 9.17) is 9.47 Å². The molecule has 0 aromatic heterocycles. The molecule has 1 rings (SSSR count). The Balaban J connectivity index is 1.92. The number of rotatable bonds is 12. The van der Waals surface area contributed by atoms with Crippen LogP contribution in [0, 0.1) is 0 Å². The molecule has 0 amide bonds. The maximum Gasteiger partial charge on any atom is 0.119 e. The molecule has 112 valence electrons. The maximum absolute atomic E-state index is 10.1. The first-order valence-electron chi connectivity index (χ1n) is 7.51. The summed E-state index contributed by atoms with van der Waals surface area (Å²) >= 11 is 0. The van der Waals surface area contributed by atoms with Gasteiger partial charge in [-0.2, -0.15) is 0 Å². The Morgan fingerprint density at radius 3 is 2.25 bits per heavy atom. The number of carbonyl (C=O) groups is 1. The van der Waals surface area contributed by atoms with E-state index in [0.29, 0.717) is 13.0 Å². The highest BCUT2D eigenvalue weighted by molar-refractivity contribution is 5.48. The van der Waals surface area contributed by atoms with Gasteiger partial charge in [-0.1, -0.05) is 37.8 Å².